The SMILES string of the molecule is COc1cccc(NC(=O)CC(C(=O)O)N2CCCCC2)c1. The van der Waals surface area contributed by atoms with E-state index in [1.165, 1.54) is 0 Å². The van der Waals surface area contributed by atoms with Gasteiger partial charge in [-0.2, -0.15) is 0 Å². The summed E-state index contributed by atoms with van der Waals surface area (Å²) in [5.74, 6) is -0.600. The number of methoxy groups -OCH3 is 1. The van der Waals surface area contributed by atoms with Gasteiger partial charge in [0.2, 0.25) is 5.91 Å². The largest absolute Gasteiger partial charge is 0.497 e. The van der Waals surface area contributed by atoms with E-state index >= 15 is 0 Å². The van der Waals surface area contributed by atoms with Gasteiger partial charge >= 0.3 is 5.97 Å². The predicted octanol–water partition coefficient (Wildman–Crippen LogP) is 1.96. The van der Waals surface area contributed by atoms with Crippen molar-refractivity contribution < 1.29 is 19.4 Å². The summed E-state index contributed by atoms with van der Waals surface area (Å²) in [6, 6.07) is 6.24. The van der Waals surface area contributed by atoms with Crippen molar-refractivity contribution >= 4 is 17.6 Å². The first-order chi connectivity index (χ1) is 10.6. The average molecular weight is 306 g/mol. The second kappa shape index (κ2) is 7.79. The topological polar surface area (TPSA) is 78.9 Å². The van der Waals surface area contributed by atoms with Gasteiger partial charge in [-0.25, -0.2) is 0 Å². The lowest BCUT2D eigenvalue weighted by Crippen LogP contribution is -2.45. The summed E-state index contributed by atoms with van der Waals surface area (Å²) < 4.78 is 5.10. The maximum atomic E-state index is 12.1. The molecule has 0 aromatic heterocycles. The van der Waals surface area contributed by atoms with Crippen LogP contribution in [0.3, 0.4) is 0 Å². The van der Waals surface area contributed by atoms with Crippen molar-refractivity contribution in [3.63, 3.8) is 0 Å². The van der Waals surface area contributed by atoms with E-state index in [0.717, 1.165) is 32.4 Å². The van der Waals surface area contributed by atoms with Crippen molar-refractivity contribution in [2.75, 3.05) is 25.5 Å². The summed E-state index contributed by atoms with van der Waals surface area (Å²) in [5, 5.41) is 12.1. The van der Waals surface area contributed by atoms with Gasteiger partial charge in [-0.1, -0.05) is 12.5 Å². The Hall–Kier alpha value is -2.08. The number of carboxylic acid groups (broad SMARTS) is 1. The molecule has 0 radical (unpaired) electrons. The van der Waals surface area contributed by atoms with E-state index in [-0.39, 0.29) is 12.3 Å². The number of anilines is 1. The highest BCUT2D eigenvalue weighted by Gasteiger charge is 2.29. The fourth-order valence-electron chi connectivity index (χ4n) is 2.69. The molecular weight excluding hydrogens is 284 g/mol. The normalized spacial score (nSPS) is 16.8. The van der Waals surface area contributed by atoms with Crippen LogP contribution in [-0.4, -0.2) is 48.1 Å². The van der Waals surface area contributed by atoms with Gasteiger partial charge in [-0.3, -0.25) is 14.5 Å². The second-order valence-corrected chi connectivity index (χ2v) is 5.43. The van der Waals surface area contributed by atoms with Crippen molar-refractivity contribution in [3.8, 4) is 5.75 Å². The number of likely N-dealkylation sites (tertiary alicyclic amines) is 1. The first kappa shape index (κ1) is 16.3. The van der Waals surface area contributed by atoms with Gasteiger partial charge in [-0.05, 0) is 38.1 Å². The Labute approximate surface area is 130 Å². The van der Waals surface area contributed by atoms with E-state index < -0.39 is 12.0 Å². The van der Waals surface area contributed by atoms with Crippen LogP contribution in [0, 0.1) is 0 Å². The number of nitrogens with one attached hydrogen (secondary N) is 1. The van der Waals surface area contributed by atoms with E-state index in [1.807, 2.05) is 4.90 Å². The van der Waals surface area contributed by atoms with Crippen molar-refractivity contribution in [1.82, 2.24) is 4.90 Å². The molecule has 2 N–H and O–H groups in total. The molecule has 1 saturated heterocycles. The number of hydrogen-bond acceptors (Lipinski definition) is 4. The van der Waals surface area contributed by atoms with Crippen LogP contribution < -0.4 is 10.1 Å². The minimum atomic E-state index is -0.942. The van der Waals surface area contributed by atoms with E-state index in [1.54, 1.807) is 31.4 Å². The number of aliphatic carboxylic acids is 1. The molecule has 6 nitrogen and oxygen atoms in total. The number of hydrogen-bond donors (Lipinski definition) is 2. The third-order valence-corrected chi connectivity index (χ3v) is 3.85. The van der Waals surface area contributed by atoms with Gasteiger partial charge in [0.05, 0.1) is 13.5 Å². The molecular formula is C16H22N2O4. The fourth-order valence-corrected chi connectivity index (χ4v) is 2.69. The van der Waals surface area contributed by atoms with E-state index in [0.29, 0.717) is 11.4 Å². The molecule has 120 valence electrons. The molecule has 0 aliphatic carbocycles. The Morgan fingerprint density at radius 2 is 2.05 bits per heavy atom. The van der Waals surface area contributed by atoms with Crippen molar-refractivity contribution in [2.45, 2.75) is 31.7 Å². The molecule has 1 unspecified atom stereocenters. The molecule has 1 amide bonds. The van der Waals surface area contributed by atoms with E-state index in [9.17, 15) is 14.7 Å². The lowest BCUT2D eigenvalue weighted by Gasteiger charge is -2.31. The third-order valence-electron chi connectivity index (χ3n) is 3.85. The van der Waals surface area contributed by atoms with Gasteiger partial charge in [0.25, 0.3) is 0 Å². The molecule has 0 spiro atoms. The molecule has 1 aliphatic heterocycles. The summed E-state index contributed by atoms with van der Waals surface area (Å²) in [4.78, 5) is 25.5. The Balaban J connectivity index is 1.96. The number of carboxylic acids is 1. The number of nitrogens with zero attached hydrogens (tertiary/aromatic N) is 1. The Morgan fingerprint density at radius 3 is 2.68 bits per heavy atom. The highest BCUT2D eigenvalue weighted by molar-refractivity contribution is 5.94. The van der Waals surface area contributed by atoms with Crippen LogP contribution in [0.4, 0.5) is 5.69 Å². The quantitative estimate of drug-likeness (QED) is 0.840. The molecule has 1 atom stereocenters. The lowest BCUT2D eigenvalue weighted by atomic mass is 10.1. The summed E-state index contributed by atoms with van der Waals surface area (Å²) in [7, 11) is 1.55. The first-order valence-corrected chi connectivity index (χ1v) is 7.51. The van der Waals surface area contributed by atoms with Crippen molar-refractivity contribution in [1.29, 1.82) is 0 Å². The van der Waals surface area contributed by atoms with Crippen molar-refractivity contribution in [2.24, 2.45) is 0 Å². The van der Waals surface area contributed by atoms with Crippen LogP contribution in [0.5, 0.6) is 5.75 Å². The Morgan fingerprint density at radius 1 is 1.32 bits per heavy atom. The van der Waals surface area contributed by atoms with Crippen LogP contribution in [0.25, 0.3) is 0 Å². The van der Waals surface area contributed by atoms with Crippen LogP contribution >= 0.6 is 0 Å². The zero-order valence-electron chi connectivity index (χ0n) is 12.7. The van der Waals surface area contributed by atoms with Gasteiger partial charge in [-0.15, -0.1) is 0 Å². The van der Waals surface area contributed by atoms with Gasteiger partial charge in [0.1, 0.15) is 11.8 Å². The highest BCUT2D eigenvalue weighted by Crippen LogP contribution is 2.18. The smallest absolute Gasteiger partial charge is 0.321 e. The molecule has 2 rings (SSSR count). The lowest BCUT2D eigenvalue weighted by molar-refractivity contribution is -0.145. The monoisotopic (exact) mass is 306 g/mol. The minimum absolute atomic E-state index is 0.0491. The zero-order valence-corrected chi connectivity index (χ0v) is 12.7. The summed E-state index contributed by atoms with van der Waals surface area (Å²) >= 11 is 0. The summed E-state index contributed by atoms with van der Waals surface area (Å²) in [6.45, 7) is 1.48. The molecule has 1 fully saturated rings. The highest BCUT2D eigenvalue weighted by atomic mass is 16.5. The molecule has 6 heteroatoms. The maximum absolute atomic E-state index is 12.1. The summed E-state index contributed by atoms with van der Waals surface area (Å²) in [5.41, 5.74) is 0.604. The standard InChI is InChI=1S/C16H22N2O4/c1-22-13-7-5-6-12(10-13)17-15(19)11-14(16(20)21)18-8-3-2-4-9-18/h5-7,10,14H,2-4,8-9,11H2,1H3,(H,17,19)(H,20,21). The van der Waals surface area contributed by atoms with E-state index in [4.69, 9.17) is 4.74 Å². The maximum Gasteiger partial charge on any atom is 0.321 e. The number of amides is 1. The number of piperidine rings is 1. The van der Waals surface area contributed by atoms with Crippen LogP contribution in [0.15, 0.2) is 24.3 Å². The average Bonchev–Trinajstić information content (AvgIpc) is 2.53. The first-order valence-electron chi connectivity index (χ1n) is 7.51. The van der Waals surface area contributed by atoms with Gasteiger partial charge in [0.15, 0.2) is 0 Å². The fraction of sp³-hybridized carbons (Fsp3) is 0.500. The van der Waals surface area contributed by atoms with Crippen molar-refractivity contribution in [3.05, 3.63) is 24.3 Å². The van der Waals surface area contributed by atoms with Crippen LogP contribution in [0.1, 0.15) is 25.7 Å². The minimum Gasteiger partial charge on any atom is -0.497 e. The summed E-state index contributed by atoms with van der Waals surface area (Å²) in [6.07, 6.45) is 3.05. The predicted molar refractivity (Wildman–Crippen MR) is 83.1 cm³/mol. The van der Waals surface area contributed by atoms with Crippen LogP contribution in [0.2, 0.25) is 0 Å². The molecule has 0 bridgehead atoms. The van der Waals surface area contributed by atoms with E-state index in [2.05, 4.69) is 5.32 Å². The molecule has 0 saturated carbocycles. The molecule has 1 aromatic carbocycles. The number of rotatable bonds is 6. The number of carbonyl (C=O) groups excluding carboxylic acids is 1. The molecule has 1 aliphatic rings. The van der Waals surface area contributed by atoms with Gasteiger partial charge in [0, 0.05) is 11.8 Å². The zero-order chi connectivity index (χ0) is 15.9. The molecule has 1 heterocycles. The third kappa shape index (κ3) is 4.46. The van der Waals surface area contributed by atoms with Crippen LogP contribution in [-0.2, 0) is 9.59 Å². The number of benzene rings is 1. The number of ether oxygens (including phenoxy) is 1. The second-order valence-electron chi connectivity index (χ2n) is 5.43. The molecule has 22 heavy (non-hydrogen) atoms. The molecule has 1 aromatic rings. The number of carbonyl (C=O) groups is 2. The Kier molecular flexibility index (Phi) is 5.77. The Bertz CT molecular complexity index is 527. The van der Waals surface area contributed by atoms with Gasteiger partial charge < -0.3 is 15.2 Å².